The average Bonchev–Trinajstić information content (AvgIpc) is 3.00. The molecule has 1 aromatic carbocycles. The van der Waals surface area contributed by atoms with Gasteiger partial charge in [0.25, 0.3) is 0 Å². The molecular weight excluding hydrogens is 318 g/mol. The highest BCUT2D eigenvalue weighted by molar-refractivity contribution is 5.79. The zero-order chi connectivity index (χ0) is 18.1. The Bertz CT molecular complexity index is 684. The number of nitrogens with one attached hydrogen (secondary N) is 2. The number of aromatic nitrogens is 2. The molecule has 25 heavy (non-hydrogen) atoms. The molecule has 0 aliphatic carbocycles. The smallest absolute Gasteiger partial charge is 0.191 e. The molecule has 2 rings (SSSR count). The first kappa shape index (κ1) is 18.8. The van der Waals surface area contributed by atoms with Gasteiger partial charge in [0, 0.05) is 26.3 Å². The summed E-state index contributed by atoms with van der Waals surface area (Å²) in [6.45, 7) is 5.83. The topological polar surface area (TPSA) is 83.7 Å². The van der Waals surface area contributed by atoms with Crippen LogP contribution in [0.1, 0.15) is 18.2 Å². The van der Waals surface area contributed by atoms with E-state index in [2.05, 4.69) is 20.7 Å². The van der Waals surface area contributed by atoms with Gasteiger partial charge >= 0.3 is 0 Å². The predicted molar refractivity (Wildman–Crippen MR) is 98.7 cm³/mol. The minimum atomic E-state index is -0.638. The van der Waals surface area contributed by atoms with Crippen molar-refractivity contribution in [1.82, 2.24) is 20.4 Å². The quantitative estimate of drug-likeness (QED) is 0.495. The standard InChI is InChI=1S/C18H27N5O2/c1-4-19-18(20-11-15-8-9-22-23(15)3)21-12-16(24)13-25-17-7-5-6-14(2)10-17/h5-10,16,24H,4,11-13H2,1-3H3,(H2,19,20,21). The number of aliphatic hydroxyl groups is 1. The fourth-order valence-electron chi connectivity index (χ4n) is 2.23. The summed E-state index contributed by atoms with van der Waals surface area (Å²) in [5, 5.41) is 20.5. The van der Waals surface area contributed by atoms with Gasteiger partial charge in [-0.25, -0.2) is 4.99 Å². The zero-order valence-corrected chi connectivity index (χ0v) is 15.1. The summed E-state index contributed by atoms with van der Waals surface area (Å²) in [6, 6.07) is 9.69. The summed E-state index contributed by atoms with van der Waals surface area (Å²) in [5.41, 5.74) is 2.14. The summed E-state index contributed by atoms with van der Waals surface area (Å²) in [4.78, 5) is 4.50. The maximum absolute atomic E-state index is 10.1. The lowest BCUT2D eigenvalue weighted by atomic mass is 10.2. The molecule has 1 atom stereocenters. The third-order valence-corrected chi connectivity index (χ3v) is 3.60. The number of guanidine groups is 1. The van der Waals surface area contributed by atoms with Gasteiger partial charge in [0.15, 0.2) is 5.96 Å². The first-order valence-corrected chi connectivity index (χ1v) is 8.45. The second-order valence-corrected chi connectivity index (χ2v) is 5.80. The second-order valence-electron chi connectivity index (χ2n) is 5.80. The molecule has 7 heteroatoms. The van der Waals surface area contributed by atoms with E-state index in [9.17, 15) is 5.11 Å². The first-order valence-electron chi connectivity index (χ1n) is 8.45. The van der Waals surface area contributed by atoms with E-state index in [4.69, 9.17) is 4.74 Å². The summed E-state index contributed by atoms with van der Waals surface area (Å²) >= 11 is 0. The van der Waals surface area contributed by atoms with E-state index in [1.807, 2.05) is 51.2 Å². The minimum Gasteiger partial charge on any atom is -0.491 e. The van der Waals surface area contributed by atoms with Gasteiger partial charge in [-0.3, -0.25) is 4.68 Å². The number of benzene rings is 1. The Kier molecular flexibility index (Phi) is 7.28. The van der Waals surface area contributed by atoms with Crippen LogP contribution in [0.5, 0.6) is 5.75 Å². The lowest BCUT2D eigenvalue weighted by Crippen LogP contribution is -2.42. The highest BCUT2D eigenvalue weighted by Crippen LogP contribution is 2.12. The molecular formula is C18H27N5O2. The third-order valence-electron chi connectivity index (χ3n) is 3.60. The average molecular weight is 345 g/mol. The molecule has 2 aromatic rings. The molecule has 0 spiro atoms. The van der Waals surface area contributed by atoms with Gasteiger partial charge in [-0.2, -0.15) is 5.10 Å². The SMILES string of the molecule is CCNC(=NCc1ccnn1C)NCC(O)COc1cccc(C)c1. The fourth-order valence-corrected chi connectivity index (χ4v) is 2.23. The molecule has 0 fully saturated rings. The van der Waals surface area contributed by atoms with Crippen LogP contribution in [0.4, 0.5) is 0 Å². The molecule has 7 nitrogen and oxygen atoms in total. The number of nitrogens with zero attached hydrogens (tertiary/aromatic N) is 3. The van der Waals surface area contributed by atoms with E-state index >= 15 is 0 Å². The highest BCUT2D eigenvalue weighted by Gasteiger charge is 2.07. The van der Waals surface area contributed by atoms with Gasteiger partial charge < -0.3 is 20.5 Å². The molecule has 136 valence electrons. The van der Waals surface area contributed by atoms with E-state index in [1.165, 1.54) is 0 Å². The zero-order valence-electron chi connectivity index (χ0n) is 15.1. The molecule has 0 aliphatic rings. The Labute approximate surface area is 148 Å². The molecule has 1 unspecified atom stereocenters. The first-order chi connectivity index (χ1) is 12.1. The van der Waals surface area contributed by atoms with Crippen LogP contribution in [-0.4, -0.2) is 46.6 Å². The number of aliphatic imine (C=N–C) groups is 1. The van der Waals surface area contributed by atoms with Gasteiger partial charge in [0.05, 0.1) is 12.2 Å². The van der Waals surface area contributed by atoms with E-state index in [-0.39, 0.29) is 6.61 Å². The fraction of sp³-hybridized carbons (Fsp3) is 0.444. The Hall–Kier alpha value is -2.54. The number of aliphatic hydroxyl groups excluding tert-OH is 1. The number of hydrogen-bond donors (Lipinski definition) is 3. The van der Waals surface area contributed by atoms with E-state index in [1.54, 1.807) is 10.9 Å². The van der Waals surface area contributed by atoms with Gasteiger partial charge in [-0.1, -0.05) is 12.1 Å². The van der Waals surface area contributed by atoms with Gasteiger partial charge in [0.2, 0.25) is 0 Å². The maximum Gasteiger partial charge on any atom is 0.191 e. The lowest BCUT2D eigenvalue weighted by molar-refractivity contribution is 0.110. The number of hydrogen-bond acceptors (Lipinski definition) is 4. The molecule has 0 amide bonds. The van der Waals surface area contributed by atoms with Crippen LogP contribution in [0.25, 0.3) is 0 Å². The number of rotatable bonds is 8. The van der Waals surface area contributed by atoms with Crippen LogP contribution in [0.15, 0.2) is 41.5 Å². The minimum absolute atomic E-state index is 0.220. The highest BCUT2D eigenvalue weighted by atomic mass is 16.5. The maximum atomic E-state index is 10.1. The molecule has 0 aliphatic heterocycles. The van der Waals surface area contributed by atoms with Gasteiger partial charge in [-0.05, 0) is 37.6 Å². The Morgan fingerprint density at radius 2 is 2.20 bits per heavy atom. The Morgan fingerprint density at radius 1 is 1.36 bits per heavy atom. The van der Waals surface area contributed by atoms with Crippen molar-refractivity contribution in [1.29, 1.82) is 0 Å². The molecule has 0 saturated heterocycles. The normalized spacial score (nSPS) is 12.7. The second kappa shape index (κ2) is 9.68. The van der Waals surface area contributed by atoms with Crippen LogP contribution in [-0.2, 0) is 13.6 Å². The van der Waals surface area contributed by atoms with E-state index in [0.717, 1.165) is 23.6 Å². The van der Waals surface area contributed by atoms with Crippen molar-refractivity contribution >= 4 is 5.96 Å². The van der Waals surface area contributed by atoms with Crippen LogP contribution in [0.2, 0.25) is 0 Å². The van der Waals surface area contributed by atoms with E-state index in [0.29, 0.717) is 19.0 Å². The van der Waals surface area contributed by atoms with Crippen LogP contribution >= 0.6 is 0 Å². The molecule has 0 saturated carbocycles. The summed E-state index contributed by atoms with van der Waals surface area (Å²) in [6.07, 6.45) is 1.11. The molecule has 0 bridgehead atoms. The van der Waals surface area contributed by atoms with Crippen LogP contribution in [0, 0.1) is 6.92 Å². The number of ether oxygens (including phenoxy) is 1. The largest absolute Gasteiger partial charge is 0.491 e. The van der Waals surface area contributed by atoms with Gasteiger partial charge in [0.1, 0.15) is 18.5 Å². The predicted octanol–water partition coefficient (Wildman–Crippen LogP) is 1.22. The molecule has 1 heterocycles. The summed E-state index contributed by atoms with van der Waals surface area (Å²) in [5.74, 6) is 1.41. The van der Waals surface area contributed by atoms with Crippen molar-refractivity contribution in [3.05, 3.63) is 47.8 Å². The van der Waals surface area contributed by atoms with Gasteiger partial charge in [-0.15, -0.1) is 0 Å². The molecule has 0 radical (unpaired) electrons. The Morgan fingerprint density at radius 3 is 2.88 bits per heavy atom. The molecule has 1 aromatic heterocycles. The summed E-state index contributed by atoms with van der Waals surface area (Å²) in [7, 11) is 1.89. The molecule has 3 N–H and O–H groups in total. The van der Waals surface area contributed by atoms with Crippen molar-refractivity contribution in [2.45, 2.75) is 26.5 Å². The van der Waals surface area contributed by atoms with E-state index < -0.39 is 6.10 Å². The van der Waals surface area contributed by atoms with Crippen LogP contribution < -0.4 is 15.4 Å². The lowest BCUT2D eigenvalue weighted by Gasteiger charge is -2.16. The van der Waals surface area contributed by atoms with Crippen molar-refractivity contribution in [3.63, 3.8) is 0 Å². The van der Waals surface area contributed by atoms with Crippen LogP contribution in [0.3, 0.4) is 0 Å². The third kappa shape index (κ3) is 6.46. The Balaban J connectivity index is 1.80. The summed E-state index contributed by atoms with van der Waals surface area (Å²) < 4.78 is 7.40. The van der Waals surface area contributed by atoms with Crippen molar-refractivity contribution in [2.75, 3.05) is 19.7 Å². The van der Waals surface area contributed by atoms with Crippen molar-refractivity contribution in [2.24, 2.45) is 12.0 Å². The number of aryl methyl sites for hydroxylation is 2. The van der Waals surface area contributed by atoms with Crippen molar-refractivity contribution in [3.8, 4) is 5.75 Å². The monoisotopic (exact) mass is 345 g/mol. The van der Waals surface area contributed by atoms with Crippen molar-refractivity contribution < 1.29 is 9.84 Å².